The molecule has 2 atom stereocenters. The molecule has 0 saturated heterocycles. The second kappa shape index (κ2) is 6.06. The Labute approximate surface area is 81.4 Å². The molecule has 0 aliphatic rings. The van der Waals surface area contributed by atoms with E-state index in [1.165, 1.54) is 6.92 Å². The standard InChI is InChI=1S/C8H13NO5/c1-3-14-8(11)7(9(12)13)6(2)4-5-10/h5-7H,3-4H2,1-2H3/t6-,7?/m1/s1. The molecule has 0 bridgehead atoms. The van der Waals surface area contributed by atoms with Crippen molar-refractivity contribution in [2.45, 2.75) is 26.3 Å². The van der Waals surface area contributed by atoms with Crippen LogP contribution in [0.1, 0.15) is 20.3 Å². The van der Waals surface area contributed by atoms with Gasteiger partial charge in [0.1, 0.15) is 6.29 Å². The van der Waals surface area contributed by atoms with Crippen LogP contribution in [0, 0.1) is 16.0 Å². The minimum atomic E-state index is -1.44. The fourth-order valence-corrected chi connectivity index (χ4v) is 1.03. The van der Waals surface area contributed by atoms with Crippen molar-refractivity contribution in [2.24, 2.45) is 5.92 Å². The SMILES string of the molecule is CCOC(=O)C([C@H](C)CC=O)[N+](=O)[O-]. The average molecular weight is 203 g/mol. The average Bonchev–Trinajstić information content (AvgIpc) is 2.04. The van der Waals surface area contributed by atoms with E-state index in [2.05, 4.69) is 4.74 Å². The molecule has 0 aromatic rings. The van der Waals surface area contributed by atoms with Gasteiger partial charge in [-0.3, -0.25) is 10.1 Å². The molecular formula is C8H13NO5. The number of hydrogen-bond donors (Lipinski definition) is 0. The van der Waals surface area contributed by atoms with Crippen molar-refractivity contribution in [3.8, 4) is 0 Å². The molecular weight excluding hydrogens is 190 g/mol. The Morgan fingerprint density at radius 3 is 2.57 bits per heavy atom. The van der Waals surface area contributed by atoms with Crippen LogP contribution in [0.15, 0.2) is 0 Å². The summed E-state index contributed by atoms with van der Waals surface area (Å²) in [6, 6.07) is -1.44. The summed E-state index contributed by atoms with van der Waals surface area (Å²) in [7, 11) is 0. The Balaban J connectivity index is 4.49. The molecule has 6 nitrogen and oxygen atoms in total. The van der Waals surface area contributed by atoms with E-state index in [4.69, 9.17) is 0 Å². The predicted molar refractivity (Wildman–Crippen MR) is 47.3 cm³/mol. The number of hydrogen-bond acceptors (Lipinski definition) is 5. The molecule has 80 valence electrons. The summed E-state index contributed by atoms with van der Waals surface area (Å²) in [5, 5.41) is 10.5. The third kappa shape index (κ3) is 3.51. The monoisotopic (exact) mass is 203 g/mol. The smallest absolute Gasteiger partial charge is 0.381 e. The summed E-state index contributed by atoms with van der Waals surface area (Å²) in [4.78, 5) is 31.1. The van der Waals surface area contributed by atoms with Gasteiger partial charge in [-0.05, 0) is 6.92 Å². The molecule has 0 aromatic heterocycles. The highest BCUT2D eigenvalue weighted by atomic mass is 16.6. The molecule has 0 aliphatic carbocycles. The molecule has 0 aromatic carbocycles. The maximum Gasteiger partial charge on any atom is 0.381 e. The van der Waals surface area contributed by atoms with E-state index in [1.807, 2.05) is 0 Å². The highest BCUT2D eigenvalue weighted by Crippen LogP contribution is 2.11. The van der Waals surface area contributed by atoms with Gasteiger partial charge in [-0.25, -0.2) is 4.79 Å². The van der Waals surface area contributed by atoms with Crippen LogP contribution in [0.3, 0.4) is 0 Å². The van der Waals surface area contributed by atoms with E-state index in [9.17, 15) is 19.7 Å². The van der Waals surface area contributed by atoms with Gasteiger partial charge in [0.25, 0.3) is 0 Å². The van der Waals surface area contributed by atoms with Crippen LogP contribution in [-0.4, -0.2) is 29.8 Å². The van der Waals surface area contributed by atoms with Crippen LogP contribution in [0.25, 0.3) is 0 Å². The first-order valence-electron chi connectivity index (χ1n) is 4.28. The molecule has 0 fully saturated rings. The first-order chi connectivity index (χ1) is 6.54. The topological polar surface area (TPSA) is 86.5 Å². The first-order valence-corrected chi connectivity index (χ1v) is 4.28. The molecule has 1 unspecified atom stereocenters. The Hall–Kier alpha value is -1.46. The maximum absolute atomic E-state index is 11.1. The van der Waals surface area contributed by atoms with Crippen LogP contribution in [-0.2, 0) is 14.3 Å². The lowest BCUT2D eigenvalue weighted by molar-refractivity contribution is -0.518. The van der Waals surface area contributed by atoms with E-state index >= 15 is 0 Å². The first kappa shape index (κ1) is 12.5. The lowest BCUT2D eigenvalue weighted by Crippen LogP contribution is -2.37. The molecule has 0 heterocycles. The molecule has 0 aliphatic heterocycles. The molecule has 0 N–H and O–H groups in total. The Bertz CT molecular complexity index is 228. The number of rotatable bonds is 6. The second-order valence-corrected chi connectivity index (χ2v) is 2.86. The zero-order valence-corrected chi connectivity index (χ0v) is 8.13. The fraction of sp³-hybridized carbons (Fsp3) is 0.750. The van der Waals surface area contributed by atoms with Gasteiger partial charge >= 0.3 is 12.0 Å². The van der Waals surface area contributed by atoms with Gasteiger partial charge in [-0.1, -0.05) is 6.92 Å². The molecule has 0 rings (SSSR count). The van der Waals surface area contributed by atoms with Gasteiger partial charge in [0.05, 0.1) is 6.61 Å². The van der Waals surface area contributed by atoms with Crippen LogP contribution in [0.4, 0.5) is 0 Å². The Morgan fingerprint density at radius 2 is 2.21 bits per heavy atom. The fourth-order valence-electron chi connectivity index (χ4n) is 1.03. The number of aldehydes is 1. The van der Waals surface area contributed by atoms with Crippen molar-refractivity contribution < 1.29 is 19.2 Å². The highest BCUT2D eigenvalue weighted by molar-refractivity contribution is 5.75. The molecule has 6 heteroatoms. The summed E-state index contributed by atoms with van der Waals surface area (Å²) >= 11 is 0. The third-order valence-electron chi connectivity index (χ3n) is 1.76. The number of esters is 1. The lowest BCUT2D eigenvalue weighted by atomic mass is 10.00. The van der Waals surface area contributed by atoms with E-state index in [-0.39, 0.29) is 13.0 Å². The van der Waals surface area contributed by atoms with E-state index in [0.717, 1.165) is 0 Å². The molecule has 14 heavy (non-hydrogen) atoms. The summed E-state index contributed by atoms with van der Waals surface area (Å²) in [6.45, 7) is 3.13. The van der Waals surface area contributed by atoms with Crippen molar-refractivity contribution in [1.82, 2.24) is 0 Å². The van der Waals surface area contributed by atoms with E-state index in [0.29, 0.717) is 6.29 Å². The maximum atomic E-state index is 11.1. The molecule has 0 saturated carbocycles. The number of nitro groups is 1. The predicted octanol–water partition coefficient (Wildman–Crippen LogP) is 0.420. The van der Waals surface area contributed by atoms with Crippen LogP contribution >= 0.6 is 0 Å². The zero-order valence-electron chi connectivity index (χ0n) is 8.13. The van der Waals surface area contributed by atoms with Gasteiger partial charge in [-0.2, -0.15) is 0 Å². The number of ether oxygens (including phenoxy) is 1. The minimum Gasteiger partial charge on any atom is -0.461 e. The highest BCUT2D eigenvalue weighted by Gasteiger charge is 2.36. The third-order valence-corrected chi connectivity index (χ3v) is 1.76. The molecule has 0 spiro atoms. The van der Waals surface area contributed by atoms with Crippen molar-refractivity contribution in [1.29, 1.82) is 0 Å². The zero-order chi connectivity index (χ0) is 11.1. The Morgan fingerprint density at radius 1 is 1.64 bits per heavy atom. The van der Waals surface area contributed by atoms with Gasteiger partial charge < -0.3 is 9.53 Å². The van der Waals surface area contributed by atoms with E-state index in [1.54, 1.807) is 6.92 Å². The van der Waals surface area contributed by atoms with Gasteiger partial charge in [-0.15, -0.1) is 0 Å². The van der Waals surface area contributed by atoms with Crippen molar-refractivity contribution in [3.63, 3.8) is 0 Å². The van der Waals surface area contributed by atoms with Crippen LogP contribution in [0.5, 0.6) is 0 Å². The van der Waals surface area contributed by atoms with Crippen molar-refractivity contribution >= 4 is 12.3 Å². The number of nitrogens with zero attached hydrogens (tertiary/aromatic N) is 1. The molecule has 0 amide bonds. The normalized spacial score (nSPS) is 14.1. The quantitative estimate of drug-likeness (QED) is 0.270. The summed E-state index contributed by atoms with van der Waals surface area (Å²) in [6.07, 6.45) is 0.533. The van der Waals surface area contributed by atoms with Gasteiger partial charge in [0.15, 0.2) is 0 Å². The summed E-state index contributed by atoms with van der Waals surface area (Å²) in [5.41, 5.74) is 0. The van der Waals surface area contributed by atoms with Crippen molar-refractivity contribution in [3.05, 3.63) is 10.1 Å². The lowest BCUT2D eigenvalue weighted by Gasteiger charge is -2.12. The largest absolute Gasteiger partial charge is 0.461 e. The Kier molecular flexibility index (Phi) is 5.43. The van der Waals surface area contributed by atoms with Gasteiger partial charge in [0.2, 0.25) is 0 Å². The van der Waals surface area contributed by atoms with Gasteiger partial charge in [0, 0.05) is 17.3 Å². The van der Waals surface area contributed by atoms with Crippen molar-refractivity contribution in [2.75, 3.05) is 6.61 Å². The summed E-state index contributed by atoms with van der Waals surface area (Å²) in [5.74, 6) is -1.52. The second-order valence-electron chi connectivity index (χ2n) is 2.86. The summed E-state index contributed by atoms with van der Waals surface area (Å²) < 4.78 is 4.54. The number of carbonyl (C=O) groups is 2. The molecule has 0 radical (unpaired) electrons. The van der Waals surface area contributed by atoms with E-state index < -0.39 is 22.9 Å². The van der Waals surface area contributed by atoms with Crippen LogP contribution in [0.2, 0.25) is 0 Å². The van der Waals surface area contributed by atoms with Crippen LogP contribution < -0.4 is 0 Å². The minimum absolute atomic E-state index is 0.0234. The number of carbonyl (C=O) groups excluding carboxylic acids is 2.